The molecule has 0 fully saturated rings. The molecule has 2 aromatic heterocycles. The van der Waals surface area contributed by atoms with Crippen molar-refractivity contribution in [1.29, 1.82) is 0 Å². The number of anilines is 1. The van der Waals surface area contributed by atoms with Crippen LogP contribution in [-0.4, -0.2) is 31.6 Å². The molecule has 1 amide bonds. The molecular formula is C22H20FN5O3S. The number of para-hydroxylation sites is 1. The fourth-order valence-electron chi connectivity index (χ4n) is 2.87. The van der Waals surface area contributed by atoms with Crippen LogP contribution in [0, 0.1) is 12.7 Å². The van der Waals surface area contributed by atoms with Gasteiger partial charge in [-0.1, -0.05) is 30.0 Å². The number of carbonyl (C=O) groups excluding carboxylic acids is 1. The first-order valence-corrected chi connectivity index (χ1v) is 10.8. The third kappa shape index (κ3) is 5.33. The number of hydrogen-bond acceptors (Lipinski definition) is 7. The highest BCUT2D eigenvalue weighted by molar-refractivity contribution is 7.99. The van der Waals surface area contributed by atoms with E-state index in [0.29, 0.717) is 11.6 Å². The van der Waals surface area contributed by atoms with Crippen LogP contribution in [0.5, 0.6) is 5.75 Å². The summed E-state index contributed by atoms with van der Waals surface area (Å²) in [5, 5.41) is 15.5. The van der Waals surface area contributed by atoms with E-state index in [-0.39, 0.29) is 28.6 Å². The van der Waals surface area contributed by atoms with Gasteiger partial charge in [-0.3, -0.25) is 4.79 Å². The Hall–Kier alpha value is -3.66. The van der Waals surface area contributed by atoms with Crippen LogP contribution in [0.3, 0.4) is 0 Å². The van der Waals surface area contributed by atoms with Gasteiger partial charge in [-0.15, -0.1) is 10.2 Å². The number of carbonyl (C=O) groups is 1. The highest BCUT2D eigenvalue weighted by Crippen LogP contribution is 2.24. The van der Waals surface area contributed by atoms with Crippen molar-refractivity contribution in [2.24, 2.45) is 0 Å². The molecule has 10 heteroatoms. The van der Waals surface area contributed by atoms with Gasteiger partial charge in [-0.2, -0.15) is 5.10 Å². The Morgan fingerprint density at radius 1 is 1.19 bits per heavy atom. The number of halogens is 1. The molecule has 4 aromatic rings. The minimum absolute atomic E-state index is 0.0772. The first-order valence-electron chi connectivity index (χ1n) is 9.78. The number of ether oxygens (including phenoxy) is 1. The fraction of sp³-hybridized carbons (Fsp3) is 0.182. The lowest BCUT2D eigenvalue weighted by molar-refractivity contribution is -0.113. The van der Waals surface area contributed by atoms with Gasteiger partial charge in [-0.25, -0.2) is 9.07 Å². The molecule has 0 aliphatic rings. The minimum atomic E-state index is -0.528. The van der Waals surface area contributed by atoms with Gasteiger partial charge >= 0.3 is 0 Å². The lowest BCUT2D eigenvalue weighted by Gasteiger charge is -2.10. The lowest BCUT2D eigenvalue weighted by Crippen LogP contribution is -2.16. The van der Waals surface area contributed by atoms with Gasteiger partial charge in [0.1, 0.15) is 17.4 Å². The summed E-state index contributed by atoms with van der Waals surface area (Å²) in [6, 6.07) is 17.0. The topological polar surface area (TPSA) is 95.1 Å². The first-order chi connectivity index (χ1) is 15.5. The number of thioether (sulfide) groups is 1. The van der Waals surface area contributed by atoms with E-state index < -0.39 is 6.10 Å². The predicted octanol–water partition coefficient (Wildman–Crippen LogP) is 4.57. The van der Waals surface area contributed by atoms with Gasteiger partial charge in [0.05, 0.1) is 17.1 Å². The summed E-state index contributed by atoms with van der Waals surface area (Å²) in [6.45, 7) is 3.60. The number of nitrogens with zero attached hydrogens (tertiary/aromatic N) is 4. The van der Waals surface area contributed by atoms with Gasteiger partial charge in [0, 0.05) is 6.07 Å². The summed E-state index contributed by atoms with van der Waals surface area (Å²) in [6.07, 6.45) is -0.528. The molecule has 0 aliphatic heterocycles. The summed E-state index contributed by atoms with van der Waals surface area (Å²) in [5.41, 5.74) is 1.63. The van der Waals surface area contributed by atoms with E-state index in [0.717, 1.165) is 23.1 Å². The number of rotatable bonds is 8. The standard InChI is InChI=1S/C22H20FN5O3S/c1-14-12-19(28(27-14)17-6-4-3-5-7-17)24-20(29)13-32-22-26-25-21(31-22)15(2)30-18-10-8-16(23)9-11-18/h3-12,15H,13H2,1-2H3,(H,24,29). The van der Waals surface area contributed by atoms with Crippen molar-refractivity contribution in [3.63, 3.8) is 0 Å². The molecule has 4 rings (SSSR count). The molecule has 0 spiro atoms. The molecule has 2 aromatic carbocycles. The van der Waals surface area contributed by atoms with Crippen LogP contribution in [0.4, 0.5) is 10.2 Å². The quantitative estimate of drug-likeness (QED) is 0.390. The Bertz CT molecular complexity index is 1190. The molecule has 0 bridgehead atoms. The number of nitrogens with one attached hydrogen (secondary N) is 1. The van der Waals surface area contributed by atoms with Crippen LogP contribution < -0.4 is 10.1 Å². The highest BCUT2D eigenvalue weighted by atomic mass is 32.2. The van der Waals surface area contributed by atoms with E-state index >= 15 is 0 Å². The molecule has 0 radical (unpaired) electrons. The Labute approximate surface area is 187 Å². The van der Waals surface area contributed by atoms with E-state index in [9.17, 15) is 9.18 Å². The SMILES string of the molecule is Cc1cc(NC(=O)CSc2nnc(C(C)Oc3ccc(F)cc3)o2)n(-c2ccccc2)n1. The maximum absolute atomic E-state index is 13.0. The Morgan fingerprint density at radius 2 is 1.94 bits per heavy atom. The molecule has 2 heterocycles. The lowest BCUT2D eigenvalue weighted by atomic mass is 10.3. The van der Waals surface area contributed by atoms with Crippen molar-refractivity contribution in [2.45, 2.75) is 25.2 Å². The largest absolute Gasteiger partial charge is 0.481 e. The van der Waals surface area contributed by atoms with Crippen LogP contribution in [0.2, 0.25) is 0 Å². The van der Waals surface area contributed by atoms with Crippen LogP contribution in [-0.2, 0) is 4.79 Å². The van der Waals surface area contributed by atoms with Gasteiger partial charge in [-0.05, 0) is 50.2 Å². The molecule has 8 nitrogen and oxygen atoms in total. The molecule has 1 unspecified atom stereocenters. The van der Waals surface area contributed by atoms with Crippen molar-refractivity contribution in [2.75, 3.05) is 11.1 Å². The predicted molar refractivity (Wildman–Crippen MR) is 117 cm³/mol. The summed E-state index contributed by atoms with van der Waals surface area (Å²) in [5.74, 6) is 0.815. The third-order valence-corrected chi connectivity index (χ3v) is 5.14. The summed E-state index contributed by atoms with van der Waals surface area (Å²) in [7, 11) is 0. The zero-order valence-corrected chi connectivity index (χ0v) is 18.2. The molecule has 0 saturated carbocycles. The number of amides is 1. The minimum Gasteiger partial charge on any atom is -0.481 e. The monoisotopic (exact) mass is 453 g/mol. The van der Waals surface area contributed by atoms with Crippen molar-refractivity contribution in [3.8, 4) is 11.4 Å². The van der Waals surface area contributed by atoms with Crippen LogP contribution >= 0.6 is 11.8 Å². The summed E-state index contributed by atoms with van der Waals surface area (Å²) < 4.78 is 25.9. The van der Waals surface area contributed by atoms with Crippen molar-refractivity contribution < 1.29 is 18.3 Å². The highest BCUT2D eigenvalue weighted by Gasteiger charge is 2.18. The van der Waals surface area contributed by atoms with E-state index in [4.69, 9.17) is 9.15 Å². The maximum atomic E-state index is 13.0. The smallest absolute Gasteiger partial charge is 0.277 e. The van der Waals surface area contributed by atoms with Gasteiger partial charge in [0.25, 0.3) is 11.1 Å². The van der Waals surface area contributed by atoms with Crippen LogP contribution in [0.1, 0.15) is 24.6 Å². The van der Waals surface area contributed by atoms with Gasteiger partial charge in [0.2, 0.25) is 5.91 Å². The van der Waals surface area contributed by atoms with Gasteiger partial charge in [0.15, 0.2) is 6.10 Å². The van der Waals surface area contributed by atoms with E-state index in [1.807, 2.05) is 37.3 Å². The molecule has 0 saturated heterocycles. The number of aryl methyl sites for hydroxylation is 1. The van der Waals surface area contributed by atoms with Crippen LogP contribution in [0.15, 0.2) is 70.3 Å². The second-order valence-electron chi connectivity index (χ2n) is 6.88. The molecular weight excluding hydrogens is 433 g/mol. The summed E-state index contributed by atoms with van der Waals surface area (Å²) >= 11 is 1.12. The Balaban J connectivity index is 1.33. The number of hydrogen-bond donors (Lipinski definition) is 1. The van der Waals surface area contributed by atoms with Crippen molar-refractivity contribution in [3.05, 3.63) is 78.1 Å². The average Bonchev–Trinajstić information content (AvgIpc) is 3.41. The maximum Gasteiger partial charge on any atom is 0.277 e. The zero-order chi connectivity index (χ0) is 22.5. The second kappa shape index (κ2) is 9.65. The second-order valence-corrected chi connectivity index (χ2v) is 7.80. The third-order valence-electron chi connectivity index (χ3n) is 4.32. The Kier molecular flexibility index (Phi) is 6.50. The summed E-state index contributed by atoms with van der Waals surface area (Å²) in [4.78, 5) is 12.5. The van der Waals surface area contributed by atoms with Crippen LogP contribution in [0.25, 0.3) is 5.69 Å². The number of aromatic nitrogens is 4. The van der Waals surface area contributed by atoms with Gasteiger partial charge < -0.3 is 14.5 Å². The van der Waals surface area contributed by atoms with E-state index in [1.54, 1.807) is 17.7 Å². The fourth-order valence-corrected chi connectivity index (χ4v) is 3.44. The average molecular weight is 453 g/mol. The Morgan fingerprint density at radius 3 is 2.69 bits per heavy atom. The van der Waals surface area contributed by atoms with E-state index in [2.05, 4.69) is 20.6 Å². The molecule has 164 valence electrons. The first kappa shape index (κ1) is 21.6. The molecule has 0 aliphatic carbocycles. The van der Waals surface area contributed by atoms with Crippen molar-refractivity contribution in [1.82, 2.24) is 20.0 Å². The van der Waals surface area contributed by atoms with E-state index in [1.165, 1.54) is 24.3 Å². The van der Waals surface area contributed by atoms with Crippen molar-refractivity contribution >= 4 is 23.5 Å². The normalized spacial score (nSPS) is 11.8. The molecule has 32 heavy (non-hydrogen) atoms. The molecule has 1 N–H and O–H groups in total. The number of benzene rings is 2. The molecule has 1 atom stereocenters. The zero-order valence-electron chi connectivity index (χ0n) is 17.4.